The highest BCUT2D eigenvalue weighted by Gasteiger charge is 2.37. The van der Waals surface area contributed by atoms with Gasteiger partial charge >= 0.3 is 0 Å². The topological polar surface area (TPSA) is 126 Å². The molecule has 0 spiro atoms. The summed E-state index contributed by atoms with van der Waals surface area (Å²) < 4.78 is 14.5. The molecule has 4 aromatic heterocycles. The van der Waals surface area contributed by atoms with Gasteiger partial charge in [-0.2, -0.15) is 10.2 Å². The van der Waals surface area contributed by atoms with Crippen LogP contribution in [0.3, 0.4) is 0 Å². The first-order valence-corrected chi connectivity index (χ1v) is 11.0. The molecule has 5 rings (SSSR count). The molecule has 174 valence electrons. The molecule has 4 heterocycles. The van der Waals surface area contributed by atoms with E-state index in [1.54, 1.807) is 12.3 Å². The zero-order chi connectivity index (χ0) is 23.7. The van der Waals surface area contributed by atoms with E-state index in [-0.39, 0.29) is 17.7 Å². The second-order valence-electron chi connectivity index (χ2n) is 8.52. The highest BCUT2D eigenvalue weighted by molar-refractivity contribution is 5.79. The largest absolute Gasteiger partial charge is 0.352 e. The van der Waals surface area contributed by atoms with Crippen molar-refractivity contribution >= 4 is 17.5 Å². The molecule has 1 saturated carbocycles. The van der Waals surface area contributed by atoms with Gasteiger partial charge in [-0.1, -0.05) is 6.07 Å². The van der Waals surface area contributed by atoms with Crippen molar-refractivity contribution in [2.75, 3.05) is 5.32 Å². The molecule has 10 nitrogen and oxygen atoms in total. The molecular formula is C23H24FN9O. The Morgan fingerprint density at radius 1 is 1.18 bits per heavy atom. The first-order chi connectivity index (χ1) is 16.4. The number of hydrogen-bond donors (Lipinski definition) is 3. The van der Waals surface area contributed by atoms with Crippen LogP contribution in [0.15, 0.2) is 42.9 Å². The van der Waals surface area contributed by atoms with Crippen molar-refractivity contribution in [2.24, 2.45) is 5.92 Å². The van der Waals surface area contributed by atoms with Gasteiger partial charge in [0.05, 0.1) is 12.4 Å². The predicted molar refractivity (Wildman–Crippen MR) is 122 cm³/mol. The van der Waals surface area contributed by atoms with E-state index in [2.05, 4.69) is 40.9 Å². The summed E-state index contributed by atoms with van der Waals surface area (Å²) in [6, 6.07) is 7.35. The van der Waals surface area contributed by atoms with Crippen LogP contribution >= 0.6 is 0 Å². The van der Waals surface area contributed by atoms with Crippen molar-refractivity contribution in [3.8, 4) is 5.82 Å². The van der Waals surface area contributed by atoms with Crippen molar-refractivity contribution in [2.45, 2.75) is 39.2 Å². The Balaban J connectivity index is 1.13. The van der Waals surface area contributed by atoms with Crippen LogP contribution in [0.1, 0.15) is 41.5 Å². The number of rotatable bonds is 7. The summed E-state index contributed by atoms with van der Waals surface area (Å²) >= 11 is 0. The summed E-state index contributed by atoms with van der Waals surface area (Å²) in [7, 11) is 0. The highest BCUT2D eigenvalue weighted by atomic mass is 19.1. The van der Waals surface area contributed by atoms with Crippen molar-refractivity contribution in [3.05, 3.63) is 71.4 Å². The minimum atomic E-state index is -0.423. The molecule has 1 aliphatic carbocycles. The fraction of sp³-hybridized carbons (Fsp3) is 0.304. The maximum absolute atomic E-state index is 13.1. The van der Waals surface area contributed by atoms with Gasteiger partial charge in [0.15, 0.2) is 17.5 Å². The fourth-order valence-corrected chi connectivity index (χ4v) is 3.91. The van der Waals surface area contributed by atoms with Crippen LogP contribution in [0.4, 0.5) is 16.0 Å². The monoisotopic (exact) mass is 461 g/mol. The Morgan fingerprint density at radius 3 is 2.71 bits per heavy atom. The summed E-state index contributed by atoms with van der Waals surface area (Å²) in [5.74, 6) is 2.30. The number of halogens is 1. The number of carbonyl (C=O) groups excluding carboxylic acids is 1. The van der Waals surface area contributed by atoms with Crippen LogP contribution in [-0.4, -0.2) is 40.8 Å². The van der Waals surface area contributed by atoms with Gasteiger partial charge in [0.1, 0.15) is 11.6 Å². The number of carbonyl (C=O) groups is 1. The summed E-state index contributed by atoms with van der Waals surface area (Å²) in [5, 5.41) is 17.1. The molecule has 4 aromatic rings. The second-order valence-corrected chi connectivity index (χ2v) is 8.52. The number of H-pyrrole nitrogens is 1. The fourth-order valence-electron chi connectivity index (χ4n) is 3.91. The first-order valence-electron chi connectivity index (χ1n) is 11.0. The summed E-state index contributed by atoms with van der Waals surface area (Å²) in [4.78, 5) is 26.1. The van der Waals surface area contributed by atoms with E-state index < -0.39 is 5.82 Å². The van der Waals surface area contributed by atoms with E-state index >= 15 is 0 Å². The van der Waals surface area contributed by atoms with E-state index in [1.807, 2.05) is 32.0 Å². The average molecular weight is 462 g/mol. The van der Waals surface area contributed by atoms with Crippen LogP contribution in [0.2, 0.25) is 0 Å². The number of aromatic nitrogens is 7. The van der Waals surface area contributed by atoms with Crippen LogP contribution < -0.4 is 10.6 Å². The number of amides is 1. The average Bonchev–Trinajstić information content (AvgIpc) is 3.39. The molecule has 1 aliphatic rings. The molecule has 0 radical (unpaired) electrons. The first kappa shape index (κ1) is 21.7. The van der Waals surface area contributed by atoms with Gasteiger partial charge < -0.3 is 10.6 Å². The number of pyridine rings is 1. The Labute approximate surface area is 195 Å². The van der Waals surface area contributed by atoms with Gasteiger partial charge in [0, 0.05) is 48.1 Å². The third-order valence-corrected chi connectivity index (χ3v) is 5.77. The van der Waals surface area contributed by atoms with Gasteiger partial charge in [0.25, 0.3) is 0 Å². The van der Waals surface area contributed by atoms with E-state index in [1.165, 1.54) is 10.9 Å². The van der Waals surface area contributed by atoms with Crippen LogP contribution in [0.5, 0.6) is 0 Å². The Kier molecular flexibility index (Phi) is 5.74. The van der Waals surface area contributed by atoms with Crippen molar-refractivity contribution in [1.29, 1.82) is 0 Å². The smallest absolute Gasteiger partial charge is 0.223 e. The minimum absolute atomic E-state index is 0.00692. The number of aromatic amines is 1. The molecule has 0 unspecified atom stereocenters. The summed E-state index contributed by atoms with van der Waals surface area (Å²) in [6.07, 6.45) is 5.44. The lowest BCUT2D eigenvalue weighted by molar-refractivity contribution is -0.128. The second kappa shape index (κ2) is 9.00. The van der Waals surface area contributed by atoms with Crippen LogP contribution in [0.25, 0.3) is 5.82 Å². The number of hydrogen-bond acceptors (Lipinski definition) is 7. The third kappa shape index (κ3) is 4.77. The van der Waals surface area contributed by atoms with Crippen molar-refractivity contribution in [3.63, 3.8) is 0 Å². The van der Waals surface area contributed by atoms with Gasteiger partial charge in [-0.3, -0.25) is 9.89 Å². The van der Waals surface area contributed by atoms with E-state index in [9.17, 15) is 9.18 Å². The normalized spacial score (nSPS) is 17.3. The number of anilines is 2. The van der Waals surface area contributed by atoms with E-state index in [4.69, 9.17) is 0 Å². The van der Waals surface area contributed by atoms with Crippen LogP contribution in [-0.2, 0) is 11.3 Å². The SMILES string of the molecule is Cc1cc(Nc2cc(C)[nH]n2)nc(C2CC(C(=O)NCc3ccc(-n4cc(F)cn4)nc3)C2)n1. The van der Waals surface area contributed by atoms with Gasteiger partial charge in [-0.05, 0) is 38.3 Å². The Bertz CT molecular complexity index is 1310. The molecule has 1 fully saturated rings. The zero-order valence-electron chi connectivity index (χ0n) is 18.8. The lowest BCUT2D eigenvalue weighted by Crippen LogP contribution is -2.38. The van der Waals surface area contributed by atoms with E-state index in [0.717, 1.165) is 29.0 Å². The van der Waals surface area contributed by atoms with Crippen LogP contribution in [0, 0.1) is 25.6 Å². The molecule has 0 aromatic carbocycles. The standard InChI is InChI=1S/C23H24FN9O/c1-13-5-19(29-20-6-14(2)31-32-20)30-22(28-13)16-7-17(8-16)23(34)26-10-15-3-4-21(25-9-15)33-12-18(24)11-27-33/h3-6,9,11-12,16-17H,7-8,10H2,1-2H3,(H,26,34)(H2,28,29,30,31,32). The van der Waals surface area contributed by atoms with Gasteiger partial charge in [-0.15, -0.1) is 0 Å². The lowest BCUT2D eigenvalue weighted by Gasteiger charge is -2.33. The molecule has 1 amide bonds. The molecule has 0 bridgehead atoms. The maximum Gasteiger partial charge on any atom is 0.223 e. The number of nitrogens with zero attached hydrogens (tertiary/aromatic N) is 6. The third-order valence-electron chi connectivity index (χ3n) is 5.77. The summed E-state index contributed by atoms with van der Waals surface area (Å²) in [5.41, 5.74) is 2.68. The van der Waals surface area contributed by atoms with E-state index in [0.29, 0.717) is 36.8 Å². The Hall–Kier alpha value is -4.15. The molecule has 11 heteroatoms. The van der Waals surface area contributed by atoms with Gasteiger partial charge in [-0.25, -0.2) is 24.0 Å². The quantitative estimate of drug-likeness (QED) is 0.386. The molecule has 0 saturated heterocycles. The lowest BCUT2D eigenvalue weighted by atomic mass is 9.74. The van der Waals surface area contributed by atoms with Crippen molar-refractivity contribution in [1.82, 2.24) is 40.2 Å². The number of nitrogens with one attached hydrogen (secondary N) is 3. The summed E-state index contributed by atoms with van der Waals surface area (Å²) in [6.45, 7) is 4.24. The molecule has 0 aliphatic heterocycles. The minimum Gasteiger partial charge on any atom is -0.352 e. The molecule has 3 N–H and O–H groups in total. The van der Waals surface area contributed by atoms with Crippen molar-refractivity contribution < 1.29 is 9.18 Å². The highest BCUT2D eigenvalue weighted by Crippen LogP contribution is 2.40. The Morgan fingerprint density at radius 2 is 2.03 bits per heavy atom. The molecule has 0 atom stereocenters. The number of aryl methyl sites for hydroxylation is 2. The molecule has 34 heavy (non-hydrogen) atoms. The zero-order valence-corrected chi connectivity index (χ0v) is 18.8. The maximum atomic E-state index is 13.1. The van der Waals surface area contributed by atoms with Gasteiger partial charge in [0.2, 0.25) is 5.91 Å². The predicted octanol–water partition coefficient (Wildman–Crippen LogP) is 3.09. The molecular weight excluding hydrogens is 437 g/mol.